The molecule has 2 unspecified atom stereocenters. The highest BCUT2D eigenvalue weighted by Crippen LogP contribution is 2.64. The maximum absolute atomic E-state index is 13.6. The molecule has 2 aromatic rings. The summed E-state index contributed by atoms with van der Waals surface area (Å²) in [5.41, 5.74) is -0.0112. The first-order chi connectivity index (χ1) is 16.9. The average molecular weight is 571 g/mol. The second-order valence-electron chi connectivity index (χ2n) is 9.75. The normalized spacial score (nSPS) is 23.9. The van der Waals surface area contributed by atoms with Crippen molar-refractivity contribution >= 4 is 27.9 Å². The van der Waals surface area contributed by atoms with Crippen molar-refractivity contribution in [3.8, 4) is 0 Å². The van der Waals surface area contributed by atoms with Crippen LogP contribution in [-0.4, -0.2) is 51.9 Å². The number of fused-ring (bicyclic) bond motifs is 3. The number of aliphatic hydroxyl groups excluding tert-OH is 1. The van der Waals surface area contributed by atoms with E-state index in [0.717, 1.165) is 46.8 Å². The van der Waals surface area contributed by atoms with E-state index < -0.39 is 48.4 Å². The van der Waals surface area contributed by atoms with Gasteiger partial charge in [0.1, 0.15) is 18.1 Å². The van der Waals surface area contributed by atoms with Gasteiger partial charge in [0, 0.05) is 28.4 Å². The molecular weight excluding hydrogens is 548 g/mol. The first kappa shape index (κ1) is 25.2. The molecule has 0 bridgehead atoms. The summed E-state index contributed by atoms with van der Waals surface area (Å²) in [5.74, 6) is -1.25. The number of hydrogen-bond donors (Lipinski definition) is 1. The number of nitrogens with zero attached hydrogens (tertiary/aromatic N) is 2. The summed E-state index contributed by atoms with van der Waals surface area (Å²) in [4.78, 5) is 27.9. The minimum atomic E-state index is -4.70. The molecule has 2 fully saturated rings. The maximum Gasteiger partial charge on any atom is 0.418 e. The lowest BCUT2D eigenvalue weighted by Gasteiger charge is -2.35. The van der Waals surface area contributed by atoms with Gasteiger partial charge in [-0.3, -0.25) is 9.69 Å². The first-order valence-electron chi connectivity index (χ1n) is 11.5. The molecule has 192 valence electrons. The molecule has 1 saturated heterocycles. The van der Waals surface area contributed by atoms with E-state index in [1.807, 2.05) is 6.07 Å². The molecule has 2 amide bonds. The van der Waals surface area contributed by atoms with Crippen LogP contribution in [-0.2, 0) is 27.1 Å². The molecule has 3 aliphatic rings. The number of amides is 2. The molecule has 2 aliphatic carbocycles. The Balaban J connectivity index is 1.41. The van der Waals surface area contributed by atoms with Crippen molar-refractivity contribution < 1.29 is 37.0 Å². The number of halogens is 5. The zero-order valence-corrected chi connectivity index (χ0v) is 20.8. The summed E-state index contributed by atoms with van der Waals surface area (Å²) in [5, 5.41) is 10.9. The van der Waals surface area contributed by atoms with Gasteiger partial charge in [-0.15, -0.1) is 0 Å². The Labute approximate surface area is 212 Å². The molecule has 1 heterocycles. The molecule has 0 aromatic heterocycles. The molecule has 5 rings (SSSR count). The molecule has 36 heavy (non-hydrogen) atoms. The summed E-state index contributed by atoms with van der Waals surface area (Å²) < 4.78 is 60.7. The molecule has 1 N–H and O–H groups in total. The highest BCUT2D eigenvalue weighted by Gasteiger charge is 2.67. The fraction of sp³-hybridized carbons (Fsp3) is 0.440. The summed E-state index contributed by atoms with van der Waals surface area (Å²) in [7, 11) is 0. The lowest BCUT2D eigenvalue weighted by molar-refractivity contribution is -0.204. The molecular formula is C25H23BrF4N2O4. The van der Waals surface area contributed by atoms with Crippen LogP contribution in [0.5, 0.6) is 0 Å². The smallest absolute Gasteiger partial charge is 0.418 e. The third-order valence-corrected chi connectivity index (χ3v) is 7.97. The highest BCUT2D eigenvalue weighted by atomic mass is 79.9. The predicted molar refractivity (Wildman–Crippen MR) is 123 cm³/mol. The van der Waals surface area contributed by atoms with Crippen LogP contribution < -0.4 is 0 Å². The number of aliphatic hydroxyl groups is 1. The topological polar surface area (TPSA) is 70.1 Å². The fourth-order valence-electron chi connectivity index (χ4n) is 5.32. The van der Waals surface area contributed by atoms with E-state index in [2.05, 4.69) is 15.9 Å². The van der Waals surface area contributed by atoms with Gasteiger partial charge in [0.25, 0.3) is 5.91 Å². The molecule has 1 saturated carbocycles. The number of β-amino-alcohol motifs (C(OH)–C–C–N with tert-alkyl or cyclic N) is 1. The highest BCUT2D eigenvalue weighted by molar-refractivity contribution is 9.10. The lowest BCUT2D eigenvalue weighted by atomic mass is 9.94. The van der Waals surface area contributed by atoms with Crippen molar-refractivity contribution in [1.29, 1.82) is 0 Å². The third-order valence-electron chi connectivity index (χ3n) is 7.48. The number of alkyl halides is 3. The molecule has 2 aromatic carbocycles. The number of hydrogen-bond acceptors (Lipinski definition) is 5. The van der Waals surface area contributed by atoms with Crippen LogP contribution >= 0.6 is 15.9 Å². The summed E-state index contributed by atoms with van der Waals surface area (Å²) >= 11 is 3.44. The number of benzene rings is 2. The molecule has 11 heteroatoms. The van der Waals surface area contributed by atoms with Crippen molar-refractivity contribution in [3.05, 3.63) is 69.4 Å². The Morgan fingerprint density at radius 1 is 1.14 bits per heavy atom. The fourth-order valence-corrected chi connectivity index (χ4v) is 5.68. The van der Waals surface area contributed by atoms with E-state index in [1.54, 1.807) is 12.1 Å². The predicted octanol–water partition coefficient (Wildman–Crippen LogP) is 4.97. The summed E-state index contributed by atoms with van der Waals surface area (Å²) in [6, 6.07) is 8.10. The number of carbonyl (C=O) groups excluding carboxylic acids is 2. The number of rotatable bonds is 6. The number of imide groups is 1. The van der Waals surface area contributed by atoms with E-state index in [9.17, 15) is 32.3 Å². The molecule has 3 atom stereocenters. The monoisotopic (exact) mass is 570 g/mol. The number of ether oxygens (including phenoxy) is 1. The molecule has 6 nitrogen and oxygen atoms in total. The van der Waals surface area contributed by atoms with E-state index in [-0.39, 0.29) is 18.4 Å². The SMILES string of the molecule is C[C@H](N(Cc1ccc(F)cc1)C(O)CN1C(=O)OC2(CC3(CC3)c3cc(Br)ccc32)C1=O)C(F)(F)F. The van der Waals surface area contributed by atoms with Gasteiger partial charge in [-0.1, -0.05) is 34.1 Å². The zero-order valence-electron chi connectivity index (χ0n) is 19.2. The van der Waals surface area contributed by atoms with Crippen molar-refractivity contribution in [2.45, 2.75) is 62.2 Å². The van der Waals surface area contributed by atoms with Gasteiger partial charge in [0.15, 0.2) is 0 Å². The van der Waals surface area contributed by atoms with Gasteiger partial charge in [-0.2, -0.15) is 13.2 Å². The molecule has 2 spiro atoms. The van der Waals surface area contributed by atoms with Gasteiger partial charge in [-0.05, 0) is 55.2 Å². The minimum absolute atomic E-state index is 0.265. The Kier molecular flexibility index (Phi) is 5.96. The summed E-state index contributed by atoms with van der Waals surface area (Å²) in [6.07, 6.45) is -5.62. The zero-order chi connectivity index (χ0) is 26.0. The largest absolute Gasteiger partial charge is 0.427 e. The third kappa shape index (κ3) is 4.10. The van der Waals surface area contributed by atoms with Crippen LogP contribution in [0.1, 0.15) is 42.9 Å². The Morgan fingerprint density at radius 2 is 1.81 bits per heavy atom. The maximum atomic E-state index is 13.6. The van der Waals surface area contributed by atoms with Crippen molar-refractivity contribution in [2.75, 3.05) is 6.54 Å². The Bertz CT molecular complexity index is 1220. The van der Waals surface area contributed by atoms with Gasteiger partial charge in [-0.25, -0.2) is 14.1 Å². The van der Waals surface area contributed by atoms with Crippen LogP contribution in [0, 0.1) is 5.82 Å². The van der Waals surface area contributed by atoms with E-state index in [0.29, 0.717) is 16.0 Å². The molecule has 0 radical (unpaired) electrons. The first-order valence-corrected chi connectivity index (χ1v) is 12.3. The van der Waals surface area contributed by atoms with Crippen LogP contribution in [0.4, 0.5) is 22.4 Å². The van der Waals surface area contributed by atoms with E-state index >= 15 is 0 Å². The van der Waals surface area contributed by atoms with Crippen LogP contribution in [0.15, 0.2) is 46.9 Å². The van der Waals surface area contributed by atoms with Gasteiger partial charge < -0.3 is 9.84 Å². The van der Waals surface area contributed by atoms with Crippen LogP contribution in [0.3, 0.4) is 0 Å². The molecule has 1 aliphatic heterocycles. The average Bonchev–Trinajstić information content (AvgIpc) is 3.49. The van der Waals surface area contributed by atoms with Crippen molar-refractivity contribution in [1.82, 2.24) is 9.80 Å². The number of carbonyl (C=O) groups is 2. The lowest BCUT2D eigenvalue weighted by Crippen LogP contribution is -2.53. The Hall–Kier alpha value is -2.50. The van der Waals surface area contributed by atoms with E-state index in [4.69, 9.17) is 4.74 Å². The van der Waals surface area contributed by atoms with Gasteiger partial charge in [0.05, 0.1) is 6.54 Å². The minimum Gasteiger partial charge on any atom is -0.427 e. The second-order valence-corrected chi connectivity index (χ2v) is 10.7. The quantitative estimate of drug-likeness (QED) is 0.392. The van der Waals surface area contributed by atoms with Crippen molar-refractivity contribution in [3.63, 3.8) is 0 Å². The van der Waals surface area contributed by atoms with Crippen LogP contribution in [0.25, 0.3) is 0 Å². The van der Waals surface area contributed by atoms with E-state index in [1.165, 1.54) is 12.1 Å². The van der Waals surface area contributed by atoms with Gasteiger partial charge >= 0.3 is 12.3 Å². The van der Waals surface area contributed by atoms with Crippen molar-refractivity contribution in [2.24, 2.45) is 0 Å². The van der Waals surface area contributed by atoms with Gasteiger partial charge in [0.2, 0.25) is 5.60 Å². The Morgan fingerprint density at radius 3 is 2.42 bits per heavy atom. The van der Waals surface area contributed by atoms with Crippen LogP contribution in [0.2, 0.25) is 0 Å². The second kappa shape index (κ2) is 8.53. The standard InChI is InChI=1S/C25H23BrF4N2O4/c1-14(25(28,29)30)31(11-15-2-5-17(27)6-3-15)20(33)12-32-21(34)24(36-22(32)35)13-23(8-9-23)19-10-16(26)4-7-18(19)24/h2-7,10,14,20,33H,8-9,11-13H2,1H3/t14-,20?,24?/m0/s1. The summed E-state index contributed by atoms with van der Waals surface area (Å²) in [6.45, 7) is -0.218.